The van der Waals surface area contributed by atoms with E-state index in [1.807, 2.05) is 0 Å². The summed E-state index contributed by atoms with van der Waals surface area (Å²) >= 11 is 0. The van der Waals surface area contributed by atoms with Crippen LogP contribution in [0.25, 0.3) is 0 Å². The first-order chi connectivity index (χ1) is 8.69. The number of benzene rings is 1. The number of ether oxygens (including phenoxy) is 1. The highest BCUT2D eigenvalue weighted by Crippen LogP contribution is 2.21. The molecule has 6 nitrogen and oxygen atoms in total. The van der Waals surface area contributed by atoms with Crippen LogP contribution in [0, 0.1) is 10.1 Å². The van der Waals surface area contributed by atoms with Crippen LogP contribution in [0.15, 0.2) is 24.3 Å². The molecule has 0 aromatic heterocycles. The molecule has 19 heavy (non-hydrogen) atoms. The van der Waals surface area contributed by atoms with Crippen molar-refractivity contribution in [2.24, 2.45) is 5.73 Å². The molecular formula is C13H18N2O4. The number of hydrogen-bond donors (Lipinski definition) is 1. The van der Waals surface area contributed by atoms with Gasteiger partial charge in [-0.05, 0) is 26.3 Å². The largest absolute Gasteiger partial charge is 0.460 e. The molecule has 0 aliphatic carbocycles. The fourth-order valence-corrected chi connectivity index (χ4v) is 1.55. The number of carbonyl (C=O) groups is 1. The van der Waals surface area contributed by atoms with Gasteiger partial charge in [0.1, 0.15) is 5.60 Å². The summed E-state index contributed by atoms with van der Waals surface area (Å²) in [4.78, 5) is 21.8. The van der Waals surface area contributed by atoms with E-state index >= 15 is 0 Å². The predicted octanol–water partition coefficient (Wildman–Crippen LogP) is 2.33. The van der Waals surface area contributed by atoms with Gasteiger partial charge >= 0.3 is 5.97 Å². The lowest BCUT2D eigenvalue weighted by Gasteiger charge is -2.21. The molecule has 0 heterocycles. The van der Waals surface area contributed by atoms with E-state index in [0.717, 1.165) is 0 Å². The van der Waals surface area contributed by atoms with Crippen molar-refractivity contribution in [3.63, 3.8) is 0 Å². The molecule has 0 unspecified atom stereocenters. The van der Waals surface area contributed by atoms with Gasteiger partial charge in [0.25, 0.3) is 5.69 Å². The summed E-state index contributed by atoms with van der Waals surface area (Å²) in [5.41, 5.74) is 5.79. The van der Waals surface area contributed by atoms with Crippen molar-refractivity contribution in [1.82, 2.24) is 0 Å². The van der Waals surface area contributed by atoms with E-state index in [0.29, 0.717) is 5.56 Å². The van der Waals surface area contributed by atoms with Gasteiger partial charge in [-0.1, -0.05) is 12.1 Å². The van der Waals surface area contributed by atoms with Gasteiger partial charge < -0.3 is 10.5 Å². The van der Waals surface area contributed by atoms with Crippen LogP contribution in [0.4, 0.5) is 5.69 Å². The van der Waals surface area contributed by atoms with E-state index in [2.05, 4.69) is 0 Å². The lowest BCUT2D eigenvalue weighted by Crippen LogP contribution is -2.26. The number of carbonyl (C=O) groups excluding carboxylic acids is 1. The van der Waals surface area contributed by atoms with Crippen molar-refractivity contribution < 1.29 is 14.5 Å². The lowest BCUT2D eigenvalue weighted by atomic mass is 10.0. The number of nitrogens with zero attached hydrogens (tertiary/aromatic N) is 1. The third-order valence-corrected chi connectivity index (χ3v) is 2.32. The molecular weight excluding hydrogens is 248 g/mol. The summed E-state index contributed by atoms with van der Waals surface area (Å²) in [7, 11) is 0. The molecule has 0 bridgehead atoms. The van der Waals surface area contributed by atoms with Crippen LogP contribution in [0.1, 0.15) is 38.8 Å². The number of esters is 1. The van der Waals surface area contributed by atoms with Gasteiger partial charge in [0.15, 0.2) is 0 Å². The Balaban J connectivity index is 2.73. The van der Waals surface area contributed by atoms with E-state index in [4.69, 9.17) is 10.5 Å². The minimum Gasteiger partial charge on any atom is -0.460 e. The second-order valence-electron chi connectivity index (χ2n) is 5.25. The predicted molar refractivity (Wildman–Crippen MR) is 70.5 cm³/mol. The average molecular weight is 266 g/mol. The van der Waals surface area contributed by atoms with E-state index < -0.39 is 22.5 Å². The number of nitrogens with two attached hydrogens (primary N) is 1. The molecule has 0 saturated heterocycles. The maximum Gasteiger partial charge on any atom is 0.308 e. The van der Waals surface area contributed by atoms with Crippen molar-refractivity contribution in [3.05, 3.63) is 39.9 Å². The molecule has 1 rings (SSSR count). The monoisotopic (exact) mass is 266 g/mol. The Kier molecular flexibility index (Phi) is 4.61. The quantitative estimate of drug-likeness (QED) is 0.512. The van der Waals surface area contributed by atoms with Crippen LogP contribution in [-0.4, -0.2) is 16.5 Å². The summed E-state index contributed by atoms with van der Waals surface area (Å²) in [5, 5.41) is 10.7. The van der Waals surface area contributed by atoms with Gasteiger partial charge in [0.2, 0.25) is 0 Å². The third kappa shape index (κ3) is 5.05. The Labute approximate surface area is 111 Å². The van der Waals surface area contributed by atoms with Gasteiger partial charge in [-0.2, -0.15) is 0 Å². The van der Waals surface area contributed by atoms with Gasteiger partial charge in [-0.15, -0.1) is 0 Å². The zero-order chi connectivity index (χ0) is 14.6. The van der Waals surface area contributed by atoms with Crippen LogP contribution in [0.2, 0.25) is 0 Å². The average Bonchev–Trinajstić information content (AvgIpc) is 2.26. The molecule has 1 aromatic rings. The lowest BCUT2D eigenvalue weighted by molar-refractivity contribution is -0.384. The summed E-state index contributed by atoms with van der Waals surface area (Å²) in [5.74, 6) is -0.425. The van der Waals surface area contributed by atoms with Crippen molar-refractivity contribution in [1.29, 1.82) is 0 Å². The van der Waals surface area contributed by atoms with Crippen molar-refractivity contribution in [2.75, 3.05) is 0 Å². The van der Waals surface area contributed by atoms with Crippen LogP contribution >= 0.6 is 0 Å². The number of nitro benzene ring substituents is 1. The van der Waals surface area contributed by atoms with Gasteiger partial charge in [-0.25, -0.2) is 0 Å². The van der Waals surface area contributed by atoms with E-state index in [1.54, 1.807) is 32.9 Å². The first kappa shape index (κ1) is 15.1. The smallest absolute Gasteiger partial charge is 0.308 e. The van der Waals surface area contributed by atoms with Crippen LogP contribution in [0.3, 0.4) is 0 Å². The highest BCUT2D eigenvalue weighted by atomic mass is 16.6. The second kappa shape index (κ2) is 5.79. The minimum absolute atomic E-state index is 0.0154. The molecule has 0 fully saturated rings. The molecule has 0 aliphatic heterocycles. The zero-order valence-electron chi connectivity index (χ0n) is 11.3. The highest BCUT2D eigenvalue weighted by molar-refractivity contribution is 5.71. The zero-order valence-corrected chi connectivity index (χ0v) is 11.3. The van der Waals surface area contributed by atoms with Crippen molar-refractivity contribution in [3.8, 4) is 0 Å². The molecule has 1 atom stereocenters. The fraction of sp³-hybridized carbons (Fsp3) is 0.462. The molecule has 0 amide bonds. The third-order valence-electron chi connectivity index (χ3n) is 2.32. The number of rotatable bonds is 4. The molecule has 104 valence electrons. The molecule has 1 aromatic carbocycles. The van der Waals surface area contributed by atoms with Crippen molar-refractivity contribution >= 4 is 11.7 Å². The summed E-state index contributed by atoms with van der Waals surface area (Å²) < 4.78 is 5.15. The normalized spacial score (nSPS) is 12.8. The molecule has 6 heteroatoms. The summed E-state index contributed by atoms with van der Waals surface area (Å²) in [6.07, 6.45) is -0.0154. The topological polar surface area (TPSA) is 95.5 Å². The summed E-state index contributed by atoms with van der Waals surface area (Å²) in [6, 6.07) is 5.33. The first-order valence-corrected chi connectivity index (χ1v) is 5.91. The molecule has 0 radical (unpaired) electrons. The molecule has 2 N–H and O–H groups in total. The standard InChI is InChI=1S/C13H18N2O4/c1-13(2,3)19-12(16)8-11(14)9-5-4-6-10(7-9)15(17)18/h4-7,11H,8,14H2,1-3H3/t11-/m1/s1. The van der Waals surface area contributed by atoms with E-state index in [9.17, 15) is 14.9 Å². The van der Waals surface area contributed by atoms with E-state index in [1.165, 1.54) is 12.1 Å². The molecule has 0 spiro atoms. The maximum atomic E-state index is 11.6. The maximum absolute atomic E-state index is 11.6. The van der Waals surface area contributed by atoms with Crippen LogP contribution in [0.5, 0.6) is 0 Å². The number of non-ortho nitro benzene ring substituents is 1. The van der Waals surface area contributed by atoms with Gasteiger partial charge in [-0.3, -0.25) is 14.9 Å². The fourth-order valence-electron chi connectivity index (χ4n) is 1.55. The SMILES string of the molecule is CC(C)(C)OC(=O)C[C@@H](N)c1cccc([N+](=O)[O-])c1. The van der Waals surface area contributed by atoms with Crippen molar-refractivity contribution in [2.45, 2.75) is 38.8 Å². The Hall–Kier alpha value is -1.95. The highest BCUT2D eigenvalue weighted by Gasteiger charge is 2.20. The van der Waals surface area contributed by atoms with Gasteiger partial charge in [0, 0.05) is 18.2 Å². The number of hydrogen-bond acceptors (Lipinski definition) is 5. The molecule has 0 aliphatic rings. The Bertz CT molecular complexity index is 480. The summed E-state index contributed by atoms with van der Waals surface area (Å²) in [6.45, 7) is 5.30. The number of nitro groups is 1. The first-order valence-electron chi connectivity index (χ1n) is 5.91. The second-order valence-corrected chi connectivity index (χ2v) is 5.25. The van der Waals surface area contributed by atoms with Gasteiger partial charge in [0.05, 0.1) is 11.3 Å². The molecule has 0 saturated carbocycles. The van der Waals surface area contributed by atoms with Crippen LogP contribution in [-0.2, 0) is 9.53 Å². The van der Waals surface area contributed by atoms with Crippen LogP contribution < -0.4 is 5.73 Å². The Morgan fingerprint density at radius 1 is 1.47 bits per heavy atom. The van der Waals surface area contributed by atoms with E-state index in [-0.39, 0.29) is 12.1 Å². The minimum atomic E-state index is -0.616. The Morgan fingerprint density at radius 3 is 2.63 bits per heavy atom. The Morgan fingerprint density at radius 2 is 2.11 bits per heavy atom.